The van der Waals surface area contributed by atoms with Crippen LogP contribution in [0.15, 0.2) is 0 Å². The third-order valence-electron chi connectivity index (χ3n) is 2.95. The monoisotopic (exact) mass is 214 g/mol. The Bertz CT molecular complexity index is 207. The van der Waals surface area contributed by atoms with E-state index in [4.69, 9.17) is 10.5 Å². The van der Waals surface area contributed by atoms with Gasteiger partial charge in [0.15, 0.2) is 0 Å². The smallest absolute Gasteiger partial charge is 0.253 e. The quantitative estimate of drug-likeness (QED) is 0.743. The summed E-state index contributed by atoms with van der Waals surface area (Å²) >= 11 is 0. The summed E-state index contributed by atoms with van der Waals surface area (Å²) in [6.45, 7) is 6.29. The van der Waals surface area contributed by atoms with Crippen LogP contribution in [0, 0.1) is 11.8 Å². The highest BCUT2D eigenvalue weighted by Crippen LogP contribution is 2.21. The second-order valence-electron chi connectivity index (χ2n) is 4.65. The topological polar surface area (TPSA) is 55.6 Å². The average molecular weight is 214 g/mol. The Morgan fingerprint density at radius 1 is 1.47 bits per heavy atom. The van der Waals surface area contributed by atoms with Gasteiger partial charge in [0.1, 0.15) is 6.10 Å². The number of amides is 1. The summed E-state index contributed by atoms with van der Waals surface area (Å²) < 4.78 is 5.07. The normalized spacial score (nSPS) is 28.9. The van der Waals surface area contributed by atoms with Crippen molar-refractivity contribution in [1.29, 1.82) is 0 Å². The Balaban J connectivity index is 2.58. The molecule has 0 aromatic carbocycles. The van der Waals surface area contributed by atoms with Gasteiger partial charge in [-0.2, -0.15) is 0 Å². The van der Waals surface area contributed by atoms with Crippen LogP contribution in [-0.2, 0) is 9.53 Å². The maximum Gasteiger partial charge on any atom is 0.253 e. The van der Waals surface area contributed by atoms with Crippen molar-refractivity contribution in [2.24, 2.45) is 17.6 Å². The number of hydrogen-bond acceptors (Lipinski definition) is 3. The number of hydrogen-bond donors (Lipinski definition) is 1. The van der Waals surface area contributed by atoms with E-state index in [1.165, 1.54) is 13.5 Å². The third kappa shape index (κ3) is 3.18. The van der Waals surface area contributed by atoms with Gasteiger partial charge in [0, 0.05) is 26.7 Å². The lowest BCUT2D eigenvalue weighted by Gasteiger charge is -2.36. The largest absolute Gasteiger partial charge is 0.370 e. The van der Waals surface area contributed by atoms with Crippen molar-refractivity contribution < 1.29 is 9.53 Å². The first-order valence-electron chi connectivity index (χ1n) is 5.60. The molecule has 1 rings (SSSR count). The van der Waals surface area contributed by atoms with E-state index in [0.29, 0.717) is 11.8 Å². The molecule has 1 aliphatic rings. The molecule has 0 saturated carbocycles. The Kier molecular flexibility index (Phi) is 4.54. The number of carbonyl (C=O) groups excluding carboxylic acids is 1. The lowest BCUT2D eigenvalue weighted by atomic mass is 9.91. The van der Waals surface area contributed by atoms with Crippen molar-refractivity contribution in [3.63, 3.8) is 0 Å². The van der Waals surface area contributed by atoms with Gasteiger partial charge in [-0.05, 0) is 18.3 Å². The summed E-state index contributed by atoms with van der Waals surface area (Å²) in [5.74, 6) is 1.19. The maximum atomic E-state index is 12.0. The number of carbonyl (C=O) groups is 1. The molecular formula is C11H22N2O2. The third-order valence-corrected chi connectivity index (χ3v) is 2.95. The Labute approximate surface area is 91.8 Å². The number of likely N-dealkylation sites (tertiary alicyclic amines) is 1. The Hall–Kier alpha value is -0.610. The predicted octanol–water partition coefficient (Wildman–Crippen LogP) is 0.465. The lowest BCUT2D eigenvalue weighted by molar-refractivity contribution is -0.144. The van der Waals surface area contributed by atoms with Gasteiger partial charge in [-0.1, -0.05) is 13.8 Å². The molecule has 3 atom stereocenters. The molecule has 1 heterocycles. The zero-order valence-electron chi connectivity index (χ0n) is 9.90. The van der Waals surface area contributed by atoms with E-state index in [1.807, 2.05) is 4.90 Å². The highest BCUT2D eigenvalue weighted by Gasteiger charge is 2.29. The van der Waals surface area contributed by atoms with Gasteiger partial charge in [-0.15, -0.1) is 0 Å². The fourth-order valence-corrected chi connectivity index (χ4v) is 2.34. The molecule has 15 heavy (non-hydrogen) atoms. The van der Waals surface area contributed by atoms with E-state index in [9.17, 15) is 4.79 Å². The highest BCUT2D eigenvalue weighted by atomic mass is 16.5. The average Bonchev–Trinajstić information content (AvgIpc) is 2.18. The summed E-state index contributed by atoms with van der Waals surface area (Å²) in [4.78, 5) is 13.9. The van der Waals surface area contributed by atoms with E-state index in [0.717, 1.165) is 13.1 Å². The second-order valence-corrected chi connectivity index (χ2v) is 4.65. The molecule has 1 saturated heterocycles. The summed E-state index contributed by atoms with van der Waals surface area (Å²) in [6, 6.07) is 0. The van der Waals surface area contributed by atoms with Crippen molar-refractivity contribution in [2.45, 2.75) is 26.4 Å². The number of nitrogens with two attached hydrogens (primary N) is 1. The minimum Gasteiger partial charge on any atom is -0.370 e. The van der Waals surface area contributed by atoms with Crippen LogP contribution < -0.4 is 5.73 Å². The minimum absolute atomic E-state index is 0.0402. The first-order valence-corrected chi connectivity index (χ1v) is 5.60. The second kappa shape index (κ2) is 5.47. The molecule has 2 N–H and O–H groups in total. The fourth-order valence-electron chi connectivity index (χ4n) is 2.34. The zero-order chi connectivity index (χ0) is 11.4. The van der Waals surface area contributed by atoms with Gasteiger partial charge in [0.25, 0.3) is 5.91 Å². The van der Waals surface area contributed by atoms with Crippen molar-refractivity contribution >= 4 is 5.91 Å². The Morgan fingerprint density at radius 2 is 2.00 bits per heavy atom. The molecule has 88 valence electrons. The molecule has 1 aliphatic heterocycles. The molecular weight excluding hydrogens is 192 g/mol. The molecule has 1 amide bonds. The zero-order valence-corrected chi connectivity index (χ0v) is 9.90. The number of ether oxygens (including phenoxy) is 1. The predicted molar refractivity (Wildman–Crippen MR) is 59.4 cm³/mol. The van der Waals surface area contributed by atoms with Gasteiger partial charge in [-0.3, -0.25) is 4.79 Å². The van der Waals surface area contributed by atoms with E-state index >= 15 is 0 Å². The minimum atomic E-state index is -0.470. The van der Waals surface area contributed by atoms with E-state index in [-0.39, 0.29) is 12.5 Å². The highest BCUT2D eigenvalue weighted by molar-refractivity contribution is 5.81. The van der Waals surface area contributed by atoms with Gasteiger partial charge >= 0.3 is 0 Å². The van der Waals surface area contributed by atoms with Crippen molar-refractivity contribution in [3.8, 4) is 0 Å². The standard InChI is InChI=1S/C11H22N2O2/c1-8-4-9(2)7-13(6-8)11(14)10(5-12)15-3/h8-10H,4-7,12H2,1-3H3. The number of piperidine rings is 1. The summed E-state index contributed by atoms with van der Waals surface area (Å²) in [5, 5.41) is 0. The number of nitrogens with zero attached hydrogens (tertiary/aromatic N) is 1. The number of methoxy groups -OCH3 is 1. The van der Waals surface area contributed by atoms with Crippen LogP contribution in [0.1, 0.15) is 20.3 Å². The molecule has 4 nitrogen and oxygen atoms in total. The molecule has 3 unspecified atom stereocenters. The fraction of sp³-hybridized carbons (Fsp3) is 0.909. The van der Waals surface area contributed by atoms with Crippen LogP contribution in [0.2, 0.25) is 0 Å². The molecule has 1 fully saturated rings. The molecule has 0 aromatic rings. The summed E-state index contributed by atoms with van der Waals surface area (Å²) in [7, 11) is 1.53. The van der Waals surface area contributed by atoms with Crippen LogP contribution in [-0.4, -0.2) is 43.7 Å². The van der Waals surface area contributed by atoms with E-state index < -0.39 is 6.10 Å². The van der Waals surface area contributed by atoms with Gasteiger partial charge in [-0.25, -0.2) is 0 Å². The Morgan fingerprint density at radius 3 is 2.40 bits per heavy atom. The van der Waals surface area contributed by atoms with Crippen molar-refractivity contribution in [1.82, 2.24) is 4.90 Å². The van der Waals surface area contributed by atoms with E-state index in [2.05, 4.69) is 13.8 Å². The van der Waals surface area contributed by atoms with Gasteiger partial charge in [0.05, 0.1) is 0 Å². The van der Waals surface area contributed by atoms with Crippen molar-refractivity contribution in [3.05, 3.63) is 0 Å². The molecule has 4 heteroatoms. The van der Waals surface area contributed by atoms with Gasteiger partial charge < -0.3 is 15.4 Å². The molecule has 0 bridgehead atoms. The van der Waals surface area contributed by atoms with Gasteiger partial charge in [0.2, 0.25) is 0 Å². The first-order chi connectivity index (χ1) is 7.08. The lowest BCUT2D eigenvalue weighted by Crippen LogP contribution is -2.49. The first kappa shape index (κ1) is 12.5. The van der Waals surface area contributed by atoms with Crippen molar-refractivity contribution in [2.75, 3.05) is 26.7 Å². The maximum absolute atomic E-state index is 12.0. The van der Waals surface area contributed by atoms with E-state index in [1.54, 1.807) is 0 Å². The van der Waals surface area contributed by atoms with Crippen LogP contribution in [0.4, 0.5) is 0 Å². The molecule has 0 aromatic heterocycles. The van der Waals surface area contributed by atoms with Crippen LogP contribution in [0.3, 0.4) is 0 Å². The van der Waals surface area contributed by atoms with Crippen LogP contribution in [0.25, 0.3) is 0 Å². The van der Waals surface area contributed by atoms with Crippen LogP contribution >= 0.6 is 0 Å². The molecule has 0 aliphatic carbocycles. The summed E-state index contributed by atoms with van der Waals surface area (Å²) in [6.07, 6.45) is 0.729. The SMILES string of the molecule is COC(CN)C(=O)N1CC(C)CC(C)C1. The molecule has 0 spiro atoms. The number of rotatable bonds is 3. The summed E-state index contributed by atoms with van der Waals surface area (Å²) in [5.41, 5.74) is 5.49. The molecule has 0 radical (unpaired) electrons. The van der Waals surface area contributed by atoms with Crippen LogP contribution in [0.5, 0.6) is 0 Å².